The van der Waals surface area contributed by atoms with Gasteiger partial charge in [-0.05, 0) is 38.3 Å². The second-order valence-electron chi connectivity index (χ2n) is 6.05. The van der Waals surface area contributed by atoms with Crippen molar-refractivity contribution in [1.82, 2.24) is 10.2 Å². The van der Waals surface area contributed by atoms with E-state index in [1.54, 1.807) is 0 Å². The fraction of sp³-hybridized carbons (Fsp3) is 0.471. The lowest BCUT2D eigenvalue weighted by molar-refractivity contribution is 0.102. The topological polar surface area (TPSA) is 68.0 Å². The van der Waals surface area contributed by atoms with Gasteiger partial charge in [0.05, 0.1) is 0 Å². The molecule has 0 bridgehead atoms. The Kier molecular flexibility index (Phi) is 4.22. The minimum atomic E-state index is -0.208. The molecule has 5 nitrogen and oxygen atoms in total. The number of carbonyl (C=O) groups excluding carboxylic acids is 1. The summed E-state index contributed by atoms with van der Waals surface area (Å²) in [4.78, 5) is 12.3. The largest absolute Gasteiger partial charge is 0.408 e. The van der Waals surface area contributed by atoms with Crippen LogP contribution in [0.4, 0.5) is 6.01 Å². The molecule has 2 aromatic rings. The Balaban J connectivity index is 1.71. The highest BCUT2D eigenvalue weighted by Gasteiger charge is 2.22. The van der Waals surface area contributed by atoms with Crippen LogP contribution in [0.3, 0.4) is 0 Å². The highest BCUT2D eigenvalue weighted by Crippen LogP contribution is 2.32. The minimum absolute atomic E-state index is 0.187. The Hall–Kier alpha value is -2.17. The van der Waals surface area contributed by atoms with Crippen molar-refractivity contribution >= 4 is 11.9 Å². The van der Waals surface area contributed by atoms with Gasteiger partial charge in [0.1, 0.15) is 0 Å². The van der Waals surface area contributed by atoms with Crippen LogP contribution in [-0.2, 0) is 0 Å². The molecular weight excluding hydrogens is 278 g/mol. The zero-order chi connectivity index (χ0) is 15.5. The SMILES string of the molecule is Cc1ccc(C)c(C(=O)Nc2nnc(C3CCCCC3)o2)c1. The molecule has 1 saturated carbocycles. The molecule has 5 heteroatoms. The van der Waals surface area contributed by atoms with Crippen LogP contribution >= 0.6 is 0 Å². The second kappa shape index (κ2) is 6.30. The van der Waals surface area contributed by atoms with Crippen molar-refractivity contribution in [2.24, 2.45) is 0 Å². The summed E-state index contributed by atoms with van der Waals surface area (Å²) < 4.78 is 5.63. The number of amides is 1. The lowest BCUT2D eigenvalue weighted by atomic mass is 9.89. The zero-order valence-electron chi connectivity index (χ0n) is 13.1. The molecular formula is C17H21N3O2. The quantitative estimate of drug-likeness (QED) is 0.930. The van der Waals surface area contributed by atoms with Crippen molar-refractivity contribution in [2.75, 3.05) is 5.32 Å². The van der Waals surface area contributed by atoms with Crippen LogP contribution in [0.1, 0.15) is 65.4 Å². The van der Waals surface area contributed by atoms with Gasteiger partial charge in [0, 0.05) is 11.5 Å². The maximum atomic E-state index is 12.3. The molecule has 1 aliphatic rings. The van der Waals surface area contributed by atoms with Crippen LogP contribution in [0.25, 0.3) is 0 Å². The Morgan fingerprint density at radius 3 is 2.73 bits per heavy atom. The Bertz CT molecular complexity index is 672. The lowest BCUT2D eigenvalue weighted by Crippen LogP contribution is -2.13. The molecule has 0 aliphatic heterocycles. The van der Waals surface area contributed by atoms with Crippen LogP contribution in [0, 0.1) is 13.8 Å². The first-order chi connectivity index (χ1) is 10.6. The van der Waals surface area contributed by atoms with Gasteiger partial charge in [-0.25, -0.2) is 0 Å². The van der Waals surface area contributed by atoms with Crippen molar-refractivity contribution in [3.05, 3.63) is 40.8 Å². The van der Waals surface area contributed by atoms with E-state index in [0.717, 1.165) is 24.0 Å². The third kappa shape index (κ3) is 3.18. The lowest BCUT2D eigenvalue weighted by Gasteiger charge is -2.17. The smallest absolute Gasteiger partial charge is 0.322 e. The number of nitrogens with zero attached hydrogens (tertiary/aromatic N) is 2. The summed E-state index contributed by atoms with van der Waals surface area (Å²) in [5.74, 6) is 0.781. The van der Waals surface area contributed by atoms with Crippen molar-refractivity contribution in [2.45, 2.75) is 51.9 Å². The summed E-state index contributed by atoms with van der Waals surface area (Å²) in [5, 5.41) is 10.8. The number of anilines is 1. The molecule has 1 heterocycles. The fourth-order valence-electron chi connectivity index (χ4n) is 2.94. The number of carbonyl (C=O) groups is 1. The number of rotatable bonds is 3. The first kappa shape index (κ1) is 14.8. The summed E-state index contributed by atoms with van der Waals surface area (Å²) in [6.45, 7) is 3.87. The second-order valence-corrected chi connectivity index (χ2v) is 6.05. The van der Waals surface area contributed by atoms with E-state index in [0.29, 0.717) is 17.4 Å². The molecule has 0 radical (unpaired) electrons. The van der Waals surface area contributed by atoms with Gasteiger partial charge in [0.2, 0.25) is 5.89 Å². The van der Waals surface area contributed by atoms with Gasteiger partial charge in [0.25, 0.3) is 5.91 Å². The minimum Gasteiger partial charge on any atom is -0.408 e. The summed E-state index contributed by atoms with van der Waals surface area (Å²) in [7, 11) is 0. The molecule has 116 valence electrons. The Morgan fingerprint density at radius 2 is 1.95 bits per heavy atom. The van der Waals surface area contributed by atoms with Crippen molar-refractivity contribution in [3.63, 3.8) is 0 Å². The third-order valence-corrected chi connectivity index (χ3v) is 4.25. The van der Waals surface area contributed by atoms with Crippen LogP contribution in [-0.4, -0.2) is 16.1 Å². The molecule has 1 amide bonds. The van der Waals surface area contributed by atoms with E-state index in [-0.39, 0.29) is 11.9 Å². The molecule has 1 N–H and O–H groups in total. The molecule has 0 spiro atoms. The first-order valence-electron chi connectivity index (χ1n) is 7.85. The standard InChI is InChI=1S/C17H21N3O2/c1-11-8-9-12(2)14(10-11)15(21)18-17-20-19-16(22-17)13-6-4-3-5-7-13/h8-10,13H,3-7H2,1-2H3,(H,18,20,21). The molecule has 1 aromatic carbocycles. The number of nitrogens with one attached hydrogen (secondary N) is 1. The summed E-state index contributed by atoms with van der Waals surface area (Å²) >= 11 is 0. The van der Waals surface area contributed by atoms with Gasteiger partial charge in [-0.15, -0.1) is 5.10 Å². The maximum Gasteiger partial charge on any atom is 0.322 e. The summed E-state index contributed by atoms with van der Waals surface area (Å²) in [6.07, 6.45) is 5.87. The van der Waals surface area contributed by atoms with E-state index in [1.807, 2.05) is 32.0 Å². The van der Waals surface area contributed by atoms with Crippen LogP contribution in [0.5, 0.6) is 0 Å². The fourth-order valence-corrected chi connectivity index (χ4v) is 2.94. The van der Waals surface area contributed by atoms with E-state index in [4.69, 9.17) is 4.42 Å². The van der Waals surface area contributed by atoms with E-state index < -0.39 is 0 Å². The van der Waals surface area contributed by atoms with E-state index >= 15 is 0 Å². The number of aryl methyl sites for hydroxylation is 2. The monoisotopic (exact) mass is 299 g/mol. The number of hydrogen-bond acceptors (Lipinski definition) is 4. The Labute approximate surface area is 130 Å². The number of hydrogen-bond donors (Lipinski definition) is 1. The first-order valence-corrected chi connectivity index (χ1v) is 7.85. The van der Waals surface area contributed by atoms with Gasteiger partial charge >= 0.3 is 6.01 Å². The van der Waals surface area contributed by atoms with Gasteiger partial charge in [-0.1, -0.05) is 42.1 Å². The molecule has 0 saturated heterocycles. The van der Waals surface area contributed by atoms with Crippen LogP contribution in [0.2, 0.25) is 0 Å². The highest BCUT2D eigenvalue weighted by atomic mass is 16.4. The van der Waals surface area contributed by atoms with Crippen molar-refractivity contribution in [1.29, 1.82) is 0 Å². The normalized spacial score (nSPS) is 15.7. The van der Waals surface area contributed by atoms with E-state index in [9.17, 15) is 4.79 Å². The average Bonchev–Trinajstić information content (AvgIpc) is 2.99. The molecule has 1 aromatic heterocycles. The van der Waals surface area contributed by atoms with Gasteiger partial charge in [0.15, 0.2) is 0 Å². The zero-order valence-corrected chi connectivity index (χ0v) is 13.1. The third-order valence-electron chi connectivity index (χ3n) is 4.25. The van der Waals surface area contributed by atoms with E-state index in [2.05, 4.69) is 15.5 Å². The highest BCUT2D eigenvalue weighted by molar-refractivity contribution is 6.04. The average molecular weight is 299 g/mol. The van der Waals surface area contributed by atoms with Gasteiger partial charge < -0.3 is 4.42 Å². The molecule has 0 unspecified atom stereocenters. The molecule has 1 aliphatic carbocycles. The van der Waals surface area contributed by atoms with Crippen molar-refractivity contribution < 1.29 is 9.21 Å². The van der Waals surface area contributed by atoms with Crippen LogP contribution in [0.15, 0.2) is 22.6 Å². The summed E-state index contributed by atoms with van der Waals surface area (Å²) in [5.41, 5.74) is 2.61. The molecule has 22 heavy (non-hydrogen) atoms. The van der Waals surface area contributed by atoms with Crippen LogP contribution < -0.4 is 5.32 Å². The van der Waals surface area contributed by atoms with Gasteiger partial charge in [-0.2, -0.15) is 0 Å². The van der Waals surface area contributed by atoms with E-state index in [1.165, 1.54) is 19.3 Å². The number of aromatic nitrogens is 2. The predicted molar refractivity (Wildman–Crippen MR) is 84.0 cm³/mol. The van der Waals surface area contributed by atoms with Crippen molar-refractivity contribution in [3.8, 4) is 0 Å². The Morgan fingerprint density at radius 1 is 1.18 bits per heavy atom. The molecule has 1 fully saturated rings. The van der Waals surface area contributed by atoms with Gasteiger partial charge in [-0.3, -0.25) is 10.1 Å². The maximum absolute atomic E-state index is 12.3. The molecule has 3 rings (SSSR count). The molecule has 0 atom stereocenters. The predicted octanol–water partition coefficient (Wildman–Crippen LogP) is 3.99. The number of benzene rings is 1. The summed E-state index contributed by atoms with van der Waals surface area (Å²) in [6, 6.07) is 5.97.